The van der Waals surface area contributed by atoms with Gasteiger partial charge in [-0.3, -0.25) is 0 Å². The molecule has 2 rings (SSSR count). The maximum atomic E-state index is 5.23. The molecule has 1 N–H and O–H groups in total. The number of aromatic nitrogens is 2. The number of hydrogen-bond donors (Lipinski definition) is 1. The monoisotopic (exact) mass is 223 g/mol. The third-order valence-electron chi connectivity index (χ3n) is 2.27. The number of hydrogen-bond acceptors (Lipinski definition) is 3. The van der Waals surface area contributed by atoms with Gasteiger partial charge >= 0.3 is 0 Å². The van der Waals surface area contributed by atoms with Gasteiger partial charge in [-0.25, -0.2) is 4.68 Å². The van der Waals surface area contributed by atoms with Crippen molar-refractivity contribution in [2.24, 2.45) is 0 Å². The summed E-state index contributed by atoms with van der Waals surface area (Å²) in [5.74, 6) is 0.826. The molecule has 0 amide bonds. The summed E-state index contributed by atoms with van der Waals surface area (Å²) in [6, 6.07) is 5.83. The van der Waals surface area contributed by atoms with Gasteiger partial charge in [0.05, 0.1) is 18.1 Å². The minimum absolute atomic E-state index is 0.684. The molecule has 0 radical (unpaired) electrons. The first-order chi connectivity index (χ1) is 7.13. The molecular formula is C10H13N3OS. The van der Waals surface area contributed by atoms with Gasteiger partial charge in [0.2, 0.25) is 0 Å². The Kier molecular flexibility index (Phi) is 2.40. The molecule has 0 bridgehead atoms. The van der Waals surface area contributed by atoms with Crippen LogP contribution in [0.2, 0.25) is 0 Å². The zero-order valence-electron chi connectivity index (χ0n) is 8.94. The number of aromatic amines is 1. The molecule has 0 aliphatic carbocycles. The minimum Gasteiger partial charge on any atom is -0.497 e. The van der Waals surface area contributed by atoms with Crippen LogP contribution >= 0.6 is 12.2 Å². The van der Waals surface area contributed by atoms with Crippen LogP contribution in [-0.2, 0) is 0 Å². The summed E-state index contributed by atoms with van der Waals surface area (Å²) < 4.78 is 7.79. The molecular weight excluding hydrogens is 210 g/mol. The van der Waals surface area contributed by atoms with Crippen molar-refractivity contribution in [3.63, 3.8) is 0 Å². The Morgan fingerprint density at radius 2 is 2.13 bits per heavy atom. The van der Waals surface area contributed by atoms with Gasteiger partial charge in [-0.2, -0.15) is 0 Å². The molecule has 1 heterocycles. The fourth-order valence-corrected chi connectivity index (χ4v) is 1.97. The highest BCUT2D eigenvalue weighted by molar-refractivity contribution is 7.71. The van der Waals surface area contributed by atoms with Crippen molar-refractivity contribution in [3.05, 3.63) is 23.0 Å². The minimum atomic E-state index is 0.684. The van der Waals surface area contributed by atoms with Crippen LogP contribution in [0.4, 0.5) is 0 Å². The molecule has 1 aromatic heterocycles. The summed E-state index contributed by atoms with van der Waals surface area (Å²) in [7, 11) is 5.55. The third kappa shape index (κ3) is 1.59. The summed E-state index contributed by atoms with van der Waals surface area (Å²) in [4.78, 5) is 3.14. The number of H-pyrrole nitrogens is 1. The van der Waals surface area contributed by atoms with Crippen molar-refractivity contribution in [1.82, 2.24) is 9.66 Å². The van der Waals surface area contributed by atoms with Gasteiger partial charge in [0, 0.05) is 20.2 Å². The van der Waals surface area contributed by atoms with E-state index in [4.69, 9.17) is 17.0 Å². The summed E-state index contributed by atoms with van der Waals surface area (Å²) >= 11 is 5.23. The average Bonchev–Trinajstić information content (AvgIpc) is 2.52. The SMILES string of the molecule is COc1ccc2[nH]c(=S)n(N(C)C)c2c1. The number of nitrogens with zero attached hydrogens (tertiary/aromatic N) is 2. The van der Waals surface area contributed by atoms with Gasteiger partial charge in [-0.15, -0.1) is 0 Å². The number of methoxy groups -OCH3 is 1. The van der Waals surface area contributed by atoms with Crippen molar-refractivity contribution < 1.29 is 4.74 Å². The Morgan fingerprint density at radius 1 is 1.40 bits per heavy atom. The molecule has 0 fully saturated rings. The molecule has 0 aliphatic heterocycles. The summed E-state index contributed by atoms with van der Waals surface area (Å²) in [5, 5.41) is 1.93. The lowest BCUT2D eigenvalue weighted by Crippen LogP contribution is -2.24. The predicted molar refractivity (Wildman–Crippen MR) is 63.7 cm³/mol. The molecule has 0 saturated carbocycles. The Balaban J connectivity index is 2.78. The van der Waals surface area contributed by atoms with Crippen LogP contribution < -0.4 is 9.75 Å². The Bertz CT molecular complexity index is 541. The average molecular weight is 223 g/mol. The summed E-state index contributed by atoms with van der Waals surface area (Å²) in [5.41, 5.74) is 2.03. The van der Waals surface area contributed by atoms with E-state index in [1.54, 1.807) is 7.11 Å². The van der Waals surface area contributed by atoms with Gasteiger partial charge < -0.3 is 14.7 Å². The lowest BCUT2D eigenvalue weighted by Gasteiger charge is -2.14. The van der Waals surface area contributed by atoms with Crippen LogP contribution in [0.15, 0.2) is 18.2 Å². The number of imidazole rings is 1. The van der Waals surface area contributed by atoms with E-state index in [1.807, 2.05) is 42.0 Å². The molecule has 0 atom stereocenters. The molecule has 5 heteroatoms. The Hall–Kier alpha value is -1.49. The van der Waals surface area contributed by atoms with E-state index in [0.717, 1.165) is 16.8 Å². The molecule has 0 aliphatic rings. The third-order valence-corrected chi connectivity index (χ3v) is 2.54. The van der Waals surface area contributed by atoms with Crippen LogP contribution in [0.25, 0.3) is 11.0 Å². The zero-order chi connectivity index (χ0) is 11.0. The number of ether oxygens (including phenoxy) is 1. The summed E-state index contributed by atoms with van der Waals surface area (Å²) in [6.45, 7) is 0. The first kappa shape index (κ1) is 10.0. The fourth-order valence-electron chi connectivity index (χ4n) is 1.59. The van der Waals surface area contributed by atoms with Crippen molar-refractivity contribution in [1.29, 1.82) is 0 Å². The second kappa shape index (κ2) is 3.58. The van der Waals surface area contributed by atoms with E-state index < -0.39 is 0 Å². The van der Waals surface area contributed by atoms with Crippen LogP contribution in [-0.4, -0.2) is 30.9 Å². The smallest absolute Gasteiger partial charge is 0.197 e. The maximum Gasteiger partial charge on any atom is 0.197 e. The second-order valence-electron chi connectivity index (χ2n) is 3.47. The fraction of sp³-hybridized carbons (Fsp3) is 0.300. The van der Waals surface area contributed by atoms with Crippen LogP contribution in [0.5, 0.6) is 5.75 Å². The topological polar surface area (TPSA) is 33.2 Å². The van der Waals surface area contributed by atoms with Crippen molar-refractivity contribution in [2.75, 3.05) is 26.2 Å². The second-order valence-corrected chi connectivity index (χ2v) is 3.86. The quantitative estimate of drug-likeness (QED) is 0.789. The highest BCUT2D eigenvalue weighted by Gasteiger charge is 2.06. The molecule has 0 unspecified atom stereocenters. The highest BCUT2D eigenvalue weighted by atomic mass is 32.1. The van der Waals surface area contributed by atoms with Crippen LogP contribution in [0.1, 0.15) is 0 Å². The van der Waals surface area contributed by atoms with E-state index in [9.17, 15) is 0 Å². The van der Waals surface area contributed by atoms with Crippen molar-refractivity contribution >= 4 is 23.3 Å². The van der Waals surface area contributed by atoms with Gasteiger partial charge in [0.25, 0.3) is 0 Å². The van der Waals surface area contributed by atoms with E-state index in [-0.39, 0.29) is 0 Å². The van der Waals surface area contributed by atoms with Gasteiger partial charge in [0.15, 0.2) is 4.77 Å². The van der Waals surface area contributed by atoms with Gasteiger partial charge in [0.1, 0.15) is 5.75 Å². The largest absolute Gasteiger partial charge is 0.497 e. The molecule has 80 valence electrons. The number of benzene rings is 1. The standard InChI is InChI=1S/C10H13N3OS/c1-12(2)13-9-6-7(14-3)4-5-8(9)11-10(13)15/h4-6H,1-3H3,(H,11,15). The van der Waals surface area contributed by atoms with E-state index >= 15 is 0 Å². The normalized spacial score (nSPS) is 10.6. The molecule has 4 nitrogen and oxygen atoms in total. The van der Waals surface area contributed by atoms with Gasteiger partial charge in [-0.1, -0.05) is 0 Å². The van der Waals surface area contributed by atoms with Crippen LogP contribution in [0.3, 0.4) is 0 Å². The van der Waals surface area contributed by atoms with E-state index in [1.165, 1.54) is 0 Å². The molecule has 1 aromatic carbocycles. The first-order valence-electron chi connectivity index (χ1n) is 4.60. The Morgan fingerprint density at radius 3 is 2.73 bits per heavy atom. The molecule has 0 spiro atoms. The van der Waals surface area contributed by atoms with E-state index in [2.05, 4.69) is 4.98 Å². The predicted octanol–water partition coefficient (Wildman–Crippen LogP) is 1.91. The van der Waals surface area contributed by atoms with Gasteiger partial charge in [-0.05, 0) is 24.4 Å². The number of nitrogens with one attached hydrogen (secondary N) is 1. The molecule has 0 saturated heterocycles. The summed E-state index contributed by atoms with van der Waals surface area (Å²) in [6.07, 6.45) is 0. The highest BCUT2D eigenvalue weighted by Crippen LogP contribution is 2.20. The number of fused-ring (bicyclic) bond motifs is 1. The molecule has 15 heavy (non-hydrogen) atoms. The molecule has 2 aromatic rings. The van der Waals surface area contributed by atoms with Crippen molar-refractivity contribution in [3.8, 4) is 5.75 Å². The maximum absolute atomic E-state index is 5.23. The van der Waals surface area contributed by atoms with Crippen LogP contribution in [0, 0.1) is 4.77 Å². The lowest BCUT2D eigenvalue weighted by molar-refractivity contribution is 0.415. The lowest BCUT2D eigenvalue weighted by atomic mass is 10.3. The van der Waals surface area contributed by atoms with Crippen molar-refractivity contribution in [2.45, 2.75) is 0 Å². The zero-order valence-corrected chi connectivity index (χ0v) is 9.76. The van der Waals surface area contributed by atoms with E-state index in [0.29, 0.717) is 4.77 Å². The first-order valence-corrected chi connectivity index (χ1v) is 5.00. The number of rotatable bonds is 2. The Labute approximate surface area is 93.0 Å².